The monoisotopic (exact) mass is 162 g/mol. The minimum Gasteiger partial charge on any atom is -0.0885 e. The lowest BCUT2D eigenvalue weighted by Crippen LogP contribution is -1.72. The van der Waals surface area contributed by atoms with Gasteiger partial charge in [0.25, 0.3) is 0 Å². The molecule has 0 aliphatic heterocycles. The van der Waals surface area contributed by atoms with E-state index >= 15 is 0 Å². The lowest BCUT2D eigenvalue weighted by atomic mass is 10.1. The lowest BCUT2D eigenvalue weighted by Gasteiger charge is -1.92. The summed E-state index contributed by atoms with van der Waals surface area (Å²) in [5, 5.41) is 0. The van der Waals surface area contributed by atoms with E-state index in [2.05, 4.69) is 36.5 Å². The Kier molecular flexibility index (Phi) is 5.35. The highest BCUT2D eigenvalue weighted by Gasteiger charge is 1.82. The summed E-state index contributed by atoms with van der Waals surface area (Å²) in [6.07, 6.45) is 21.0. The molecule has 0 unspecified atom stereocenters. The third kappa shape index (κ3) is 4.95. The second-order valence-corrected chi connectivity index (χ2v) is 3.16. The van der Waals surface area contributed by atoms with Crippen molar-refractivity contribution in [2.75, 3.05) is 0 Å². The van der Waals surface area contributed by atoms with Crippen LogP contribution in [0.1, 0.15) is 38.5 Å². The van der Waals surface area contributed by atoms with Crippen LogP contribution in [-0.4, -0.2) is 0 Å². The molecule has 0 heterocycles. The highest BCUT2D eigenvalue weighted by molar-refractivity contribution is 4.95. The maximum atomic E-state index is 2.31. The van der Waals surface area contributed by atoms with E-state index < -0.39 is 0 Å². The fraction of sp³-hybridized carbons (Fsp3) is 0.500. The first-order valence-corrected chi connectivity index (χ1v) is 4.95. The van der Waals surface area contributed by atoms with E-state index in [0.29, 0.717) is 0 Å². The quantitative estimate of drug-likeness (QED) is 0.472. The average molecular weight is 162 g/mol. The smallest absolute Gasteiger partial charge is 0.0169 e. The van der Waals surface area contributed by atoms with Crippen LogP contribution in [0.2, 0.25) is 0 Å². The topological polar surface area (TPSA) is 0 Å². The van der Waals surface area contributed by atoms with Crippen molar-refractivity contribution in [1.29, 1.82) is 0 Å². The molecule has 0 spiro atoms. The molecular formula is C12H18. The average Bonchev–Trinajstić information content (AvgIpc) is 2.05. The summed E-state index contributed by atoms with van der Waals surface area (Å²) in [5.74, 6) is 0. The van der Waals surface area contributed by atoms with Crippen LogP contribution >= 0.6 is 0 Å². The van der Waals surface area contributed by atoms with E-state index in [0.717, 1.165) is 6.42 Å². The summed E-state index contributed by atoms with van der Waals surface area (Å²) < 4.78 is 0. The number of allylic oxidation sites excluding steroid dienone is 6. The molecule has 0 amide bonds. The van der Waals surface area contributed by atoms with Gasteiger partial charge < -0.3 is 0 Å². The van der Waals surface area contributed by atoms with Crippen molar-refractivity contribution in [1.82, 2.24) is 0 Å². The molecule has 0 aromatic heterocycles. The van der Waals surface area contributed by atoms with Crippen molar-refractivity contribution in [3.8, 4) is 0 Å². The van der Waals surface area contributed by atoms with Gasteiger partial charge in [0.2, 0.25) is 0 Å². The van der Waals surface area contributed by atoms with Crippen LogP contribution in [-0.2, 0) is 0 Å². The van der Waals surface area contributed by atoms with Gasteiger partial charge in [-0.2, -0.15) is 0 Å². The second-order valence-electron chi connectivity index (χ2n) is 3.16. The van der Waals surface area contributed by atoms with Gasteiger partial charge in [-0.1, -0.05) is 36.5 Å². The zero-order valence-electron chi connectivity index (χ0n) is 7.71. The number of rotatable bonds is 0. The maximum absolute atomic E-state index is 2.31. The highest BCUT2D eigenvalue weighted by Crippen LogP contribution is 2.03. The van der Waals surface area contributed by atoms with Gasteiger partial charge >= 0.3 is 0 Å². The molecule has 0 aromatic rings. The zero-order valence-corrected chi connectivity index (χ0v) is 7.71. The van der Waals surface area contributed by atoms with Crippen molar-refractivity contribution in [2.45, 2.75) is 38.5 Å². The van der Waals surface area contributed by atoms with Crippen molar-refractivity contribution >= 4 is 0 Å². The first-order valence-electron chi connectivity index (χ1n) is 4.95. The SMILES string of the molecule is C1=CCCC/C=C/C/C=C\CC1. The Bertz CT molecular complexity index is 172. The molecule has 0 bridgehead atoms. The van der Waals surface area contributed by atoms with E-state index in [-0.39, 0.29) is 0 Å². The largest absolute Gasteiger partial charge is 0.0885 e. The summed E-state index contributed by atoms with van der Waals surface area (Å²) in [5.41, 5.74) is 0. The van der Waals surface area contributed by atoms with Gasteiger partial charge in [-0.15, -0.1) is 0 Å². The molecule has 0 heteroatoms. The Morgan fingerprint density at radius 1 is 0.500 bits per heavy atom. The standard InChI is InChI=1S/C12H18/c1-2-4-6-8-10-12-11-9-7-5-3-1/h1-2,5,7-8,10H,3-4,6,9,11-12H2/b2-1-,7-5+,10-8?. The minimum absolute atomic E-state index is 1.11. The zero-order chi connectivity index (χ0) is 8.49. The van der Waals surface area contributed by atoms with Crippen molar-refractivity contribution in [3.63, 3.8) is 0 Å². The van der Waals surface area contributed by atoms with E-state index in [9.17, 15) is 0 Å². The number of hydrogen-bond acceptors (Lipinski definition) is 0. The second kappa shape index (κ2) is 6.90. The normalized spacial score (nSPS) is 25.3. The first-order chi connectivity index (χ1) is 6.00. The molecule has 0 saturated heterocycles. The van der Waals surface area contributed by atoms with Crippen LogP contribution in [0.3, 0.4) is 0 Å². The van der Waals surface area contributed by atoms with Crippen LogP contribution in [0.15, 0.2) is 36.5 Å². The third-order valence-corrected chi connectivity index (χ3v) is 2.01. The maximum Gasteiger partial charge on any atom is -0.0169 e. The summed E-state index contributed by atoms with van der Waals surface area (Å²) in [7, 11) is 0. The molecule has 12 heavy (non-hydrogen) atoms. The van der Waals surface area contributed by atoms with Crippen molar-refractivity contribution < 1.29 is 0 Å². The molecule has 0 fully saturated rings. The van der Waals surface area contributed by atoms with Gasteiger partial charge in [0.1, 0.15) is 0 Å². The van der Waals surface area contributed by atoms with E-state index in [1.807, 2.05) is 0 Å². The van der Waals surface area contributed by atoms with Gasteiger partial charge in [-0.05, 0) is 38.5 Å². The number of hydrogen-bond donors (Lipinski definition) is 0. The molecule has 1 rings (SSSR count). The van der Waals surface area contributed by atoms with E-state index in [1.165, 1.54) is 32.1 Å². The summed E-state index contributed by atoms with van der Waals surface area (Å²) in [6, 6.07) is 0. The van der Waals surface area contributed by atoms with Crippen LogP contribution in [0.5, 0.6) is 0 Å². The molecule has 1 aliphatic rings. The molecule has 66 valence electrons. The molecule has 0 saturated carbocycles. The lowest BCUT2D eigenvalue weighted by molar-refractivity contribution is 0.859. The summed E-state index contributed by atoms with van der Waals surface area (Å²) >= 11 is 0. The van der Waals surface area contributed by atoms with Gasteiger partial charge in [0.05, 0.1) is 0 Å². The Labute approximate surface area is 75.7 Å². The molecular weight excluding hydrogens is 144 g/mol. The van der Waals surface area contributed by atoms with Gasteiger partial charge in [-0.25, -0.2) is 0 Å². The van der Waals surface area contributed by atoms with Crippen LogP contribution in [0.4, 0.5) is 0 Å². The van der Waals surface area contributed by atoms with Gasteiger partial charge in [0, 0.05) is 0 Å². The Hall–Kier alpha value is -0.780. The molecule has 0 radical (unpaired) electrons. The van der Waals surface area contributed by atoms with E-state index in [4.69, 9.17) is 0 Å². The van der Waals surface area contributed by atoms with Crippen molar-refractivity contribution in [3.05, 3.63) is 36.5 Å². The van der Waals surface area contributed by atoms with Crippen LogP contribution in [0, 0.1) is 0 Å². The minimum atomic E-state index is 1.11. The Morgan fingerprint density at radius 2 is 1.00 bits per heavy atom. The van der Waals surface area contributed by atoms with Gasteiger partial charge in [-0.3, -0.25) is 0 Å². The Morgan fingerprint density at radius 3 is 1.75 bits per heavy atom. The molecule has 0 nitrogen and oxygen atoms in total. The van der Waals surface area contributed by atoms with E-state index in [1.54, 1.807) is 0 Å². The molecule has 0 N–H and O–H groups in total. The molecule has 0 aromatic carbocycles. The van der Waals surface area contributed by atoms with Crippen LogP contribution < -0.4 is 0 Å². The first kappa shape index (κ1) is 9.31. The third-order valence-electron chi connectivity index (χ3n) is 2.01. The van der Waals surface area contributed by atoms with Gasteiger partial charge in [0.15, 0.2) is 0 Å². The highest BCUT2D eigenvalue weighted by atomic mass is 13.9. The predicted molar refractivity (Wildman–Crippen MR) is 55.1 cm³/mol. The fourth-order valence-corrected chi connectivity index (χ4v) is 1.29. The summed E-state index contributed by atoms with van der Waals surface area (Å²) in [6.45, 7) is 0. The fourth-order valence-electron chi connectivity index (χ4n) is 1.29. The predicted octanol–water partition coefficient (Wildman–Crippen LogP) is 4.01. The summed E-state index contributed by atoms with van der Waals surface area (Å²) in [4.78, 5) is 0. The Balaban J connectivity index is 2.30. The van der Waals surface area contributed by atoms with Crippen molar-refractivity contribution in [2.24, 2.45) is 0 Å². The molecule has 1 aliphatic carbocycles. The van der Waals surface area contributed by atoms with Crippen LogP contribution in [0.25, 0.3) is 0 Å². The molecule has 0 atom stereocenters.